The molecule has 0 aromatic heterocycles. The van der Waals surface area contributed by atoms with Crippen molar-refractivity contribution in [2.75, 3.05) is 26.4 Å². The van der Waals surface area contributed by atoms with Crippen LogP contribution in [0.25, 0.3) is 0 Å². The van der Waals surface area contributed by atoms with Gasteiger partial charge in [0.15, 0.2) is 6.10 Å². The average Bonchev–Trinajstić information content (AvgIpc) is 3.11. The summed E-state index contributed by atoms with van der Waals surface area (Å²) in [6, 6.07) is 0. The third-order valence-electron chi connectivity index (χ3n) is 8.75. The van der Waals surface area contributed by atoms with E-state index in [0.717, 1.165) is 38.5 Å². The fourth-order valence-electron chi connectivity index (χ4n) is 5.70. The lowest BCUT2D eigenvalue weighted by atomic mass is 10.0. The summed E-state index contributed by atoms with van der Waals surface area (Å²) in [6.07, 6.45) is 39.8. The molecule has 0 saturated carbocycles. The lowest BCUT2D eigenvalue weighted by Gasteiger charge is -2.19. The number of nitrogens with two attached hydrogens (primary N) is 1. The Kier molecular flexibility index (Phi) is 36.7. The van der Waals surface area contributed by atoms with Crippen LogP contribution in [0.15, 0.2) is 37.0 Å². The molecule has 298 valence electrons. The van der Waals surface area contributed by atoms with Crippen molar-refractivity contribution < 1.29 is 37.6 Å². The van der Waals surface area contributed by atoms with Crippen LogP contribution in [0.1, 0.15) is 180 Å². The maximum atomic E-state index is 12.5. The van der Waals surface area contributed by atoms with Crippen molar-refractivity contribution in [3.05, 3.63) is 37.0 Å². The van der Waals surface area contributed by atoms with E-state index < -0.39 is 32.5 Å². The van der Waals surface area contributed by atoms with Gasteiger partial charge in [0.1, 0.15) is 6.61 Å². The lowest BCUT2D eigenvalue weighted by molar-refractivity contribution is -0.159. The molecule has 0 aliphatic carbocycles. The Bertz CT molecular complexity index is 925. The first-order valence-corrected chi connectivity index (χ1v) is 22.0. The molecule has 0 aromatic carbocycles. The summed E-state index contributed by atoms with van der Waals surface area (Å²) < 4.78 is 32.5. The zero-order chi connectivity index (χ0) is 37.5. The van der Waals surface area contributed by atoms with Gasteiger partial charge in [-0.2, -0.15) is 0 Å². The third-order valence-corrected chi connectivity index (χ3v) is 9.73. The minimum atomic E-state index is -4.39. The molecule has 0 heterocycles. The molecular formula is C41H76NO8P. The highest BCUT2D eigenvalue weighted by Crippen LogP contribution is 2.43. The van der Waals surface area contributed by atoms with E-state index in [1.54, 1.807) is 6.08 Å². The van der Waals surface area contributed by atoms with E-state index in [1.807, 2.05) is 18.2 Å². The summed E-state index contributed by atoms with van der Waals surface area (Å²) in [5, 5.41) is 0. The van der Waals surface area contributed by atoms with Crippen LogP contribution in [0.3, 0.4) is 0 Å². The second kappa shape index (κ2) is 38.0. The predicted molar refractivity (Wildman–Crippen MR) is 210 cm³/mol. The molecule has 0 aromatic rings. The van der Waals surface area contributed by atoms with E-state index >= 15 is 0 Å². The van der Waals surface area contributed by atoms with Crippen LogP contribution < -0.4 is 5.73 Å². The zero-order valence-electron chi connectivity index (χ0n) is 32.4. The van der Waals surface area contributed by atoms with Gasteiger partial charge in [-0.25, -0.2) is 9.36 Å². The van der Waals surface area contributed by atoms with Crippen LogP contribution in [0.4, 0.5) is 0 Å². The van der Waals surface area contributed by atoms with Crippen molar-refractivity contribution in [1.82, 2.24) is 0 Å². The Hall–Kier alpha value is -1.77. The van der Waals surface area contributed by atoms with Gasteiger partial charge in [-0.1, -0.05) is 166 Å². The first kappa shape index (κ1) is 49.2. The van der Waals surface area contributed by atoms with Crippen molar-refractivity contribution >= 4 is 19.8 Å². The Morgan fingerprint density at radius 1 is 0.686 bits per heavy atom. The number of ether oxygens (including phenoxy) is 2. The van der Waals surface area contributed by atoms with Crippen molar-refractivity contribution in [3.63, 3.8) is 0 Å². The van der Waals surface area contributed by atoms with Crippen LogP contribution in [-0.4, -0.2) is 49.3 Å². The SMILES string of the molecule is C=CCCCCCCCCCCCCCCCC(=O)O[C@H](COC(=O)/C=C/C=C/CCCCCCCCCCCCC)COP(=O)(O)OCCN. The summed E-state index contributed by atoms with van der Waals surface area (Å²) in [7, 11) is -4.39. The molecule has 10 heteroatoms. The quantitative estimate of drug-likeness (QED) is 0.0158. The van der Waals surface area contributed by atoms with Crippen LogP contribution in [0.5, 0.6) is 0 Å². The number of hydrogen-bond acceptors (Lipinski definition) is 8. The van der Waals surface area contributed by atoms with Gasteiger partial charge in [-0.15, -0.1) is 6.58 Å². The minimum absolute atomic E-state index is 0.0426. The summed E-state index contributed by atoms with van der Waals surface area (Å²) >= 11 is 0. The van der Waals surface area contributed by atoms with Crippen LogP contribution >= 0.6 is 7.82 Å². The predicted octanol–water partition coefficient (Wildman–Crippen LogP) is 11.4. The number of carbonyl (C=O) groups excluding carboxylic acids is 2. The third kappa shape index (κ3) is 37.8. The van der Waals surface area contributed by atoms with E-state index in [4.69, 9.17) is 24.3 Å². The molecule has 0 saturated heterocycles. The molecule has 0 radical (unpaired) electrons. The number of phosphoric ester groups is 1. The standard InChI is InChI=1S/C41H76NO8P/c1-3-5-7-9-11-13-15-17-19-21-23-25-27-29-31-33-40(43)47-37-39(38-49-51(45,46)48-36-35-42)50-41(44)34-32-30-28-26-24-22-20-18-16-14-12-10-8-6-4-2/h4,27,29,31,33,39H,2-3,5-26,28,30,32,34-38,42H2,1H3,(H,45,46)/b29-27+,33-31+/t39-/m1/s1. The fraction of sp³-hybridized carbons (Fsp3) is 0.805. The van der Waals surface area contributed by atoms with Crippen LogP contribution in [0.2, 0.25) is 0 Å². The summed E-state index contributed by atoms with van der Waals surface area (Å²) in [5.74, 6) is -1.08. The zero-order valence-corrected chi connectivity index (χ0v) is 33.3. The molecule has 0 amide bonds. The Balaban J connectivity index is 4.26. The van der Waals surface area contributed by atoms with Gasteiger partial charge in [0.05, 0.1) is 13.2 Å². The molecule has 51 heavy (non-hydrogen) atoms. The van der Waals surface area contributed by atoms with E-state index in [-0.39, 0.29) is 26.2 Å². The smallest absolute Gasteiger partial charge is 0.458 e. The maximum absolute atomic E-state index is 12.5. The molecule has 0 spiro atoms. The monoisotopic (exact) mass is 742 g/mol. The lowest BCUT2D eigenvalue weighted by Crippen LogP contribution is -2.29. The largest absolute Gasteiger partial charge is 0.472 e. The van der Waals surface area contributed by atoms with Crippen LogP contribution in [0, 0.1) is 0 Å². The highest BCUT2D eigenvalue weighted by atomic mass is 31.2. The van der Waals surface area contributed by atoms with Gasteiger partial charge >= 0.3 is 19.8 Å². The highest BCUT2D eigenvalue weighted by Gasteiger charge is 2.25. The molecule has 1 unspecified atom stereocenters. The number of allylic oxidation sites excluding steroid dienone is 4. The number of esters is 2. The first-order chi connectivity index (χ1) is 24.8. The molecule has 9 nitrogen and oxygen atoms in total. The van der Waals surface area contributed by atoms with Crippen molar-refractivity contribution in [3.8, 4) is 0 Å². The Morgan fingerprint density at radius 3 is 1.69 bits per heavy atom. The molecule has 2 atom stereocenters. The fourth-order valence-corrected chi connectivity index (χ4v) is 6.47. The topological polar surface area (TPSA) is 134 Å². The highest BCUT2D eigenvalue weighted by molar-refractivity contribution is 7.47. The molecule has 0 bridgehead atoms. The minimum Gasteiger partial charge on any atom is -0.458 e. The van der Waals surface area contributed by atoms with Crippen molar-refractivity contribution in [1.29, 1.82) is 0 Å². The molecule has 0 aliphatic heterocycles. The van der Waals surface area contributed by atoms with Gasteiger partial charge in [0, 0.05) is 19.0 Å². The van der Waals surface area contributed by atoms with E-state index in [9.17, 15) is 19.0 Å². The summed E-state index contributed by atoms with van der Waals surface area (Å²) in [4.78, 5) is 34.6. The normalized spacial score (nSPS) is 13.5. The van der Waals surface area contributed by atoms with Gasteiger partial charge < -0.3 is 20.1 Å². The number of rotatable bonds is 39. The number of carbonyl (C=O) groups is 2. The number of phosphoric acid groups is 1. The molecule has 3 N–H and O–H groups in total. The maximum Gasteiger partial charge on any atom is 0.472 e. The molecule has 0 aliphatic rings. The van der Waals surface area contributed by atoms with Crippen molar-refractivity contribution in [2.24, 2.45) is 5.73 Å². The van der Waals surface area contributed by atoms with Crippen molar-refractivity contribution in [2.45, 2.75) is 186 Å². The average molecular weight is 742 g/mol. The van der Waals surface area contributed by atoms with Gasteiger partial charge in [0.2, 0.25) is 0 Å². The summed E-state index contributed by atoms with van der Waals surface area (Å²) in [5.41, 5.74) is 5.33. The Labute approximate surface area is 312 Å². The summed E-state index contributed by atoms with van der Waals surface area (Å²) in [6.45, 7) is 5.12. The Morgan fingerprint density at radius 2 is 1.18 bits per heavy atom. The van der Waals surface area contributed by atoms with E-state index in [1.165, 1.54) is 128 Å². The van der Waals surface area contributed by atoms with Gasteiger partial charge in [0.25, 0.3) is 0 Å². The van der Waals surface area contributed by atoms with Crippen LogP contribution in [-0.2, 0) is 32.7 Å². The molecule has 0 rings (SSSR count). The molecular weight excluding hydrogens is 665 g/mol. The van der Waals surface area contributed by atoms with Gasteiger partial charge in [-0.3, -0.25) is 13.8 Å². The second-order valence-electron chi connectivity index (χ2n) is 13.7. The van der Waals surface area contributed by atoms with Gasteiger partial charge in [-0.05, 0) is 32.1 Å². The molecule has 0 fully saturated rings. The number of hydrogen-bond donors (Lipinski definition) is 2. The van der Waals surface area contributed by atoms with E-state index in [2.05, 4.69) is 13.5 Å². The van der Waals surface area contributed by atoms with E-state index in [0.29, 0.717) is 6.42 Å². The second-order valence-corrected chi connectivity index (χ2v) is 15.1. The number of unbranched alkanes of at least 4 members (excludes halogenated alkanes) is 24. The first-order valence-electron chi connectivity index (χ1n) is 20.5.